The van der Waals surface area contributed by atoms with E-state index in [1.165, 1.54) is 6.20 Å². The van der Waals surface area contributed by atoms with Gasteiger partial charge in [0.05, 0.1) is 35.6 Å². The van der Waals surface area contributed by atoms with Crippen molar-refractivity contribution in [1.82, 2.24) is 20.2 Å². The van der Waals surface area contributed by atoms with Crippen LogP contribution >= 0.6 is 11.3 Å². The zero-order chi connectivity index (χ0) is 32.4. The third kappa shape index (κ3) is 10.5. The van der Waals surface area contributed by atoms with E-state index in [0.717, 1.165) is 43.6 Å². The van der Waals surface area contributed by atoms with Crippen LogP contribution in [-0.2, 0) is 9.47 Å². The second-order valence-electron chi connectivity index (χ2n) is 11.1. The number of aromatic nitrogens is 2. The lowest BCUT2D eigenvalue weighted by Crippen LogP contribution is -2.37. The molecular weight excluding hydrogens is 604 g/mol. The number of ether oxygens (including phenoxy) is 2. The van der Waals surface area contributed by atoms with Crippen LogP contribution in [0.25, 0.3) is 0 Å². The van der Waals surface area contributed by atoms with Gasteiger partial charge in [-0.1, -0.05) is 18.2 Å². The molecule has 3 aromatic rings. The fourth-order valence-electron chi connectivity index (χ4n) is 4.41. The van der Waals surface area contributed by atoms with Crippen molar-refractivity contribution < 1.29 is 28.8 Å². The normalized spacial score (nSPS) is 14.2. The highest BCUT2D eigenvalue weighted by Gasteiger charge is 2.21. The average Bonchev–Trinajstić information content (AvgIpc) is 3.46. The number of nitrogens with one attached hydrogen (secondary N) is 4. The fourth-order valence-corrected chi connectivity index (χ4v) is 5.04. The monoisotopic (exact) mass is 640 g/mol. The van der Waals surface area contributed by atoms with Crippen LogP contribution in [0, 0.1) is 10.1 Å². The van der Waals surface area contributed by atoms with Gasteiger partial charge in [-0.3, -0.25) is 35.4 Å². The lowest BCUT2D eigenvalue weighted by molar-refractivity contribution is -0.380. The van der Waals surface area contributed by atoms with E-state index >= 15 is 0 Å². The summed E-state index contributed by atoms with van der Waals surface area (Å²) < 4.78 is 10.7. The van der Waals surface area contributed by atoms with Crippen LogP contribution in [0.1, 0.15) is 55.7 Å². The van der Waals surface area contributed by atoms with E-state index in [-0.39, 0.29) is 15.8 Å². The van der Waals surface area contributed by atoms with Crippen molar-refractivity contribution in [3.8, 4) is 0 Å². The van der Waals surface area contributed by atoms with Crippen LogP contribution in [0.4, 0.5) is 31.1 Å². The van der Waals surface area contributed by atoms with Gasteiger partial charge in [-0.05, 0) is 75.3 Å². The van der Waals surface area contributed by atoms with E-state index in [2.05, 4.69) is 36.1 Å². The first-order valence-electron chi connectivity index (χ1n) is 14.3. The molecule has 1 unspecified atom stereocenters. The van der Waals surface area contributed by atoms with Gasteiger partial charge in [0.2, 0.25) is 0 Å². The van der Waals surface area contributed by atoms with Gasteiger partial charge in [0.25, 0.3) is 5.91 Å². The minimum atomic E-state index is -0.689. The summed E-state index contributed by atoms with van der Waals surface area (Å²) in [7, 11) is 0. The maximum atomic E-state index is 13.1. The number of thiazole rings is 1. The van der Waals surface area contributed by atoms with Gasteiger partial charge in [-0.2, -0.15) is 0 Å². The van der Waals surface area contributed by atoms with E-state index in [9.17, 15) is 24.5 Å². The van der Waals surface area contributed by atoms with E-state index in [1.807, 2.05) is 0 Å². The Kier molecular flexibility index (Phi) is 11.3. The van der Waals surface area contributed by atoms with Crippen LogP contribution in [0.2, 0.25) is 0 Å². The Balaban J connectivity index is 1.42. The highest BCUT2D eigenvalue weighted by atomic mass is 32.1. The highest BCUT2D eigenvalue weighted by molar-refractivity contribution is 7.18. The molecule has 240 valence electrons. The minimum absolute atomic E-state index is 0.0952. The van der Waals surface area contributed by atoms with Crippen molar-refractivity contribution in [1.29, 1.82) is 0 Å². The minimum Gasteiger partial charge on any atom is -0.444 e. The number of amides is 4. The molecule has 0 aliphatic carbocycles. The number of carbonyl (C=O) groups excluding carboxylic acids is 3. The van der Waals surface area contributed by atoms with E-state index in [0.29, 0.717) is 36.6 Å². The maximum absolute atomic E-state index is 13.1. The molecule has 4 N–H and O–H groups in total. The number of nitrogens with zero attached hydrogens (tertiary/aromatic N) is 4. The van der Waals surface area contributed by atoms with Crippen molar-refractivity contribution in [3.05, 3.63) is 70.2 Å². The zero-order valence-corrected chi connectivity index (χ0v) is 26.0. The van der Waals surface area contributed by atoms with Crippen molar-refractivity contribution in [2.45, 2.75) is 45.3 Å². The zero-order valence-electron chi connectivity index (χ0n) is 25.2. The summed E-state index contributed by atoms with van der Waals surface area (Å²) in [5.74, 6) is -0.500. The maximum Gasteiger partial charge on any atom is 0.412 e. The molecule has 1 aliphatic rings. The second kappa shape index (κ2) is 15.4. The molecule has 3 heterocycles. The summed E-state index contributed by atoms with van der Waals surface area (Å²) in [6, 6.07) is 8.92. The Labute approximate surface area is 263 Å². The Hall–Kier alpha value is -4.67. The molecule has 4 rings (SSSR count). The highest BCUT2D eigenvalue weighted by Crippen LogP contribution is 2.26. The number of pyridine rings is 1. The van der Waals surface area contributed by atoms with Crippen molar-refractivity contribution in [3.63, 3.8) is 0 Å². The van der Waals surface area contributed by atoms with Gasteiger partial charge in [0, 0.05) is 19.3 Å². The Morgan fingerprint density at radius 1 is 1.04 bits per heavy atom. The van der Waals surface area contributed by atoms with Gasteiger partial charge >= 0.3 is 17.1 Å². The Morgan fingerprint density at radius 3 is 2.38 bits per heavy atom. The number of hydrogen-bond acceptors (Lipinski definition) is 11. The first kappa shape index (κ1) is 33.2. The summed E-state index contributed by atoms with van der Waals surface area (Å²) in [6.07, 6.45) is 3.28. The number of benzene rings is 1. The topological polar surface area (TPSA) is 190 Å². The largest absolute Gasteiger partial charge is 0.444 e. The standard InChI is InChI=1S/C29H36N8O7S/c1-29(2,3)44-28(40)34-22-8-5-4-7-21(22)32-25(38)23-11-10-19(17-30-23)20(9-6-12-36-13-15-43-16-14-36)33-26(39)35-27-31-18-24(45-27)37(41)42/h4-5,7-8,10-11,17-18,20H,6,9,12-16H2,1-3H3,(H,32,38)(H,34,40)(H2,31,33,35,39). The number of rotatable bonds is 11. The lowest BCUT2D eigenvalue weighted by atomic mass is 10.0. The van der Waals surface area contributed by atoms with Crippen LogP contribution in [0.15, 0.2) is 48.8 Å². The molecule has 2 aromatic heterocycles. The first-order valence-corrected chi connectivity index (χ1v) is 15.1. The molecular formula is C29H36N8O7S. The Bertz CT molecular complexity index is 1490. The lowest BCUT2D eigenvalue weighted by Gasteiger charge is -2.27. The SMILES string of the molecule is CC(C)(C)OC(=O)Nc1ccccc1NC(=O)c1ccc(C(CCCN2CCOCC2)NC(=O)Nc2ncc([N+](=O)[O-])s2)cn1. The smallest absolute Gasteiger partial charge is 0.412 e. The third-order valence-electron chi connectivity index (χ3n) is 6.50. The molecule has 15 nitrogen and oxygen atoms in total. The summed E-state index contributed by atoms with van der Waals surface area (Å²) in [5.41, 5.74) is 0.822. The van der Waals surface area contributed by atoms with Gasteiger partial charge in [-0.25, -0.2) is 14.6 Å². The number of nitro groups is 1. The predicted octanol–water partition coefficient (Wildman–Crippen LogP) is 5.02. The molecule has 16 heteroatoms. The third-order valence-corrected chi connectivity index (χ3v) is 7.37. The van der Waals surface area contributed by atoms with Crippen molar-refractivity contribution in [2.24, 2.45) is 0 Å². The average molecular weight is 641 g/mol. The second-order valence-corrected chi connectivity index (χ2v) is 12.1. The summed E-state index contributed by atoms with van der Waals surface area (Å²) in [4.78, 5) is 59.1. The number of hydrogen-bond donors (Lipinski definition) is 4. The molecule has 0 saturated carbocycles. The molecule has 1 fully saturated rings. The predicted molar refractivity (Wildman–Crippen MR) is 169 cm³/mol. The van der Waals surface area contributed by atoms with Crippen molar-refractivity contribution >= 4 is 50.9 Å². The molecule has 1 saturated heterocycles. The summed E-state index contributed by atoms with van der Waals surface area (Å²) in [6.45, 7) is 9.10. The quantitative estimate of drug-likeness (QED) is 0.164. The molecule has 0 bridgehead atoms. The summed E-state index contributed by atoms with van der Waals surface area (Å²) >= 11 is 0.753. The molecule has 1 aromatic carbocycles. The van der Waals surface area contributed by atoms with Gasteiger partial charge < -0.3 is 20.1 Å². The van der Waals surface area contributed by atoms with E-state index in [4.69, 9.17) is 9.47 Å². The number of urea groups is 1. The van der Waals surface area contributed by atoms with Crippen LogP contribution in [-0.4, -0.2) is 76.3 Å². The van der Waals surface area contributed by atoms with Gasteiger partial charge in [0.15, 0.2) is 5.13 Å². The molecule has 0 radical (unpaired) electrons. The van der Waals surface area contributed by atoms with Crippen LogP contribution in [0.3, 0.4) is 0 Å². The number of carbonyl (C=O) groups is 3. The van der Waals surface area contributed by atoms with E-state index in [1.54, 1.807) is 57.2 Å². The van der Waals surface area contributed by atoms with Gasteiger partial charge in [0.1, 0.15) is 17.5 Å². The number of anilines is 3. The molecule has 45 heavy (non-hydrogen) atoms. The van der Waals surface area contributed by atoms with Gasteiger partial charge in [-0.15, -0.1) is 0 Å². The van der Waals surface area contributed by atoms with Crippen molar-refractivity contribution in [2.75, 3.05) is 48.8 Å². The summed E-state index contributed by atoms with van der Waals surface area (Å²) in [5, 5.41) is 21.7. The van der Waals surface area contributed by atoms with Crippen LogP contribution in [0.5, 0.6) is 0 Å². The molecule has 4 amide bonds. The molecule has 1 aliphatic heterocycles. The first-order chi connectivity index (χ1) is 21.5. The Morgan fingerprint density at radius 2 is 1.76 bits per heavy atom. The molecule has 1 atom stereocenters. The fraction of sp³-hybridized carbons (Fsp3) is 0.414. The number of morpholine rings is 1. The molecule has 0 spiro atoms. The van der Waals surface area contributed by atoms with Crippen LogP contribution < -0.4 is 21.3 Å². The number of para-hydroxylation sites is 2. The van der Waals surface area contributed by atoms with E-state index < -0.39 is 34.6 Å².